The monoisotopic (exact) mass is 421 g/mol. The number of fused-ring (bicyclic) bond motifs is 2. The van der Waals surface area contributed by atoms with E-state index in [1.54, 1.807) is 17.0 Å². The summed E-state index contributed by atoms with van der Waals surface area (Å²) in [5, 5.41) is 12.0. The number of carboxylic acid groups (broad SMARTS) is 1. The third-order valence-corrected chi connectivity index (χ3v) is 6.22. The van der Waals surface area contributed by atoms with Crippen molar-refractivity contribution >= 4 is 52.4 Å². The fourth-order valence-corrected chi connectivity index (χ4v) is 4.62. The Hall–Kier alpha value is -2.38. The molecule has 1 aromatic rings. The Morgan fingerprint density at radius 2 is 2.00 bits per heavy atom. The molecule has 3 heterocycles. The highest BCUT2D eigenvalue weighted by atomic mass is 35.5. The number of hydrogen-bond acceptors (Lipinski definition) is 4. The van der Waals surface area contributed by atoms with Crippen LogP contribution in [-0.4, -0.2) is 52.0 Å². The maximum absolute atomic E-state index is 12.8. The van der Waals surface area contributed by atoms with Crippen LogP contribution in [0.3, 0.4) is 0 Å². The Kier molecular flexibility index (Phi) is 4.67. The summed E-state index contributed by atoms with van der Waals surface area (Å²) in [6.07, 6.45) is 2.60. The number of alkyl halides is 1. The van der Waals surface area contributed by atoms with Gasteiger partial charge in [-0.3, -0.25) is 14.6 Å². The maximum Gasteiger partial charge on any atom is 0.335 e. The summed E-state index contributed by atoms with van der Waals surface area (Å²) < 4.78 is 0. The van der Waals surface area contributed by atoms with Gasteiger partial charge in [0.25, 0.3) is 5.91 Å². The van der Waals surface area contributed by atoms with Crippen LogP contribution in [0.25, 0.3) is 0 Å². The molecule has 1 spiro atoms. The molecular weight excluding hydrogens is 405 g/mol. The predicted molar refractivity (Wildman–Crippen MR) is 105 cm³/mol. The molecule has 28 heavy (non-hydrogen) atoms. The van der Waals surface area contributed by atoms with E-state index in [0.29, 0.717) is 48.6 Å². The Morgan fingerprint density at radius 1 is 1.29 bits per heavy atom. The number of piperidine rings is 1. The number of anilines is 1. The van der Waals surface area contributed by atoms with Crippen LogP contribution in [0.15, 0.2) is 34.4 Å². The SMILES string of the molecule is O=C(O)c1ccc2c(c1)C1(CCN(C(=O)C3=NC=C(Cl)CC3Cl)CC1)C(=O)N2. The normalized spacial score (nSPS) is 23.0. The van der Waals surface area contributed by atoms with Crippen LogP contribution in [-0.2, 0) is 15.0 Å². The Bertz CT molecular complexity index is 948. The Morgan fingerprint density at radius 3 is 2.64 bits per heavy atom. The molecule has 3 aliphatic rings. The lowest BCUT2D eigenvalue weighted by Gasteiger charge is -2.38. The number of allylic oxidation sites excluding steroid dienone is 1. The van der Waals surface area contributed by atoms with Crippen molar-refractivity contribution in [1.29, 1.82) is 0 Å². The summed E-state index contributed by atoms with van der Waals surface area (Å²) in [6, 6.07) is 4.65. The first kappa shape index (κ1) is 19.0. The molecule has 7 nitrogen and oxygen atoms in total. The molecule has 2 amide bonds. The van der Waals surface area contributed by atoms with Crippen molar-refractivity contribution < 1.29 is 19.5 Å². The van der Waals surface area contributed by atoms with E-state index in [9.17, 15) is 19.5 Å². The number of nitrogens with zero attached hydrogens (tertiary/aromatic N) is 2. The zero-order valence-electron chi connectivity index (χ0n) is 14.7. The van der Waals surface area contributed by atoms with Gasteiger partial charge in [-0.25, -0.2) is 4.79 Å². The first-order valence-electron chi connectivity index (χ1n) is 8.87. The van der Waals surface area contributed by atoms with Gasteiger partial charge < -0.3 is 15.3 Å². The summed E-state index contributed by atoms with van der Waals surface area (Å²) in [5.41, 5.74) is 0.886. The van der Waals surface area contributed by atoms with E-state index in [1.165, 1.54) is 12.3 Å². The smallest absolute Gasteiger partial charge is 0.335 e. The highest BCUT2D eigenvalue weighted by Gasteiger charge is 2.49. The minimum absolute atomic E-state index is 0.137. The average Bonchev–Trinajstić information content (AvgIpc) is 2.93. The van der Waals surface area contributed by atoms with Crippen LogP contribution >= 0.6 is 23.2 Å². The summed E-state index contributed by atoms with van der Waals surface area (Å²) in [5.74, 6) is -1.45. The number of carboxylic acids is 1. The third kappa shape index (κ3) is 2.99. The number of amides is 2. The lowest BCUT2D eigenvalue weighted by Crippen LogP contribution is -2.51. The van der Waals surface area contributed by atoms with E-state index in [1.807, 2.05) is 0 Å². The lowest BCUT2D eigenvalue weighted by molar-refractivity contribution is -0.129. The molecule has 146 valence electrons. The third-order valence-electron chi connectivity index (χ3n) is 5.60. The average molecular weight is 422 g/mol. The van der Waals surface area contributed by atoms with Crippen molar-refractivity contribution in [3.8, 4) is 0 Å². The van der Waals surface area contributed by atoms with Gasteiger partial charge in [0.1, 0.15) is 5.71 Å². The predicted octanol–water partition coefficient (Wildman–Crippen LogP) is 2.73. The van der Waals surface area contributed by atoms with Crippen molar-refractivity contribution in [2.75, 3.05) is 18.4 Å². The number of nitrogens with one attached hydrogen (secondary N) is 1. The van der Waals surface area contributed by atoms with Crippen LogP contribution < -0.4 is 5.32 Å². The molecule has 0 aliphatic carbocycles. The molecule has 1 aromatic carbocycles. The van der Waals surface area contributed by atoms with Gasteiger partial charge in [0.05, 0.1) is 16.4 Å². The molecule has 4 rings (SSSR count). The van der Waals surface area contributed by atoms with Gasteiger partial charge >= 0.3 is 5.97 Å². The van der Waals surface area contributed by atoms with Crippen molar-refractivity contribution in [3.63, 3.8) is 0 Å². The molecule has 2 N–H and O–H groups in total. The Labute approximate surface area is 171 Å². The minimum atomic E-state index is -1.04. The van der Waals surface area contributed by atoms with Crippen LogP contribution in [0, 0.1) is 0 Å². The number of aliphatic imine (C=N–C) groups is 1. The van der Waals surface area contributed by atoms with Gasteiger partial charge in [0.2, 0.25) is 5.91 Å². The summed E-state index contributed by atoms with van der Waals surface area (Å²) >= 11 is 12.1. The van der Waals surface area contributed by atoms with Gasteiger partial charge in [0, 0.05) is 36.4 Å². The molecule has 1 saturated heterocycles. The minimum Gasteiger partial charge on any atom is -0.478 e. The van der Waals surface area contributed by atoms with Gasteiger partial charge in [-0.2, -0.15) is 0 Å². The molecule has 0 radical (unpaired) electrons. The van der Waals surface area contributed by atoms with Crippen LogP contribution in [0.4, 0.5) is 5.69 Å². The summed E-state index contributed by atoms with van der Waals surface area (Å²) in [6.45, 7) is 0.701. The van der Waals surface area contributed by atoms with E-state index < -0.39 is 16.8 Å². The summed E-state index contributed by atoms with van der Waals surface area (Å²) in [4.78, 5) is 42.6. The molecule has 0 saturated carbocycles. The van der Waals surface area contributed by atoms with Crippen molar-refractivity contribution in [1.82, 2.24) is 4.90 Å². The first-order chi connectivity index (χ1) is 13.3. The van der Waals surface area contributed by atoms with Gasteiger partial charge in [-0.1, -0.05) is 11.6 Å². The fraction of sp³-hybridized carbons (Fsp3) is 0.368. The van der Waals surface area contributed by atoms with Gasteiger partial charge in [0.15, 0.2) is 0 Å². The number of aromatic carboxylic acids is 1. The van der Waals surface area contributed by atoms with E-state index >= 15 is 0 Å². The number of rotatable bonds is 2. The second kappa shape index (κ2) is 6.90. The van der Waals surface area contributed by atoms with Gasteiger partial charge in [-0.05, 0) is 36.6 Å². The molecule has 1 unspecified atom stereocenters. The van der Waals surface area contributed by atoms with Crippen LogP contribution in [0.5, 0.6) is 0 Å². The molecule has 0 bridgehead atoms. The van der Waals surface area contributed by atoms with Crippen molar-refractivity contribution in [2.45, 2.75) is 30.1 Å². The molecule has 1 atom stereocenters. The second-order valence-electron chi connectivity index (χ2n) is 7.16. The Balaban J connectivity index is 1.56. The highest BCUT2D eigenvalue weighted by Crippen LogP contribution is 2.45. The number of carbonyl (C=O) groups excluding carboxylic acids is 2. The quantitative estimate of drug-likeness (QED) is 0.716. The van der Waals surface area contributed by atoms with Crippen LogP contribution in [0.2, 0.25) is 0 Å². The number of hydrogen-bond donors (Lipinski definition) is 2. The number of carbonyl (C=O) groups is 3. The van der Waals surface area contributed by atoms with Crippen LogP contribution in [0.1, 0.15) is 35.2 Å². The standard InChI is InChI=1S/C19H17Cl2N3O4/c20-11-8-13(21)15(22-9-11)16(25)24-5-3-19(4-6-24)12-7-10(17(26)27)1-2-14(12)23-18(19)28/h1-2,7,9,13H,3-6,8H2,(H,23,28)(H,26,27). The van der Waals surface area contributed by atoms with Crippen molar-refractivity contribution in [3.05, 3.63) is 40.6 Å². The van der Waals surface area contributed by atoms with E-state index in [-0.39, 0.29) is 23.1 Å². The number of likely N-dealkylation sites (tertiary alicyclic amines) is 1. The number of halogens is 2. The second-order valence-corrected chi connectivity index (χ2v) is 8.17. The highest BCUT2D eigenvalue weighted by molar-refractivity contribution is 6.52. The summed E-state index contributed by atoms with van der Waals surface area (Å²) in [7, 11) is 0. The van der Waals surface area contributed by atoms with E-state index in [4.69, 9.17) is 23.2 Å². The molecular formula is C19H17Cl2N3O4. The van der Waals surface area contributed by atoms with E-state index in [0.717, 1.165) is 0 Å². The molecule has 3 aliphatic heterocycles. The topological polar surface area (TPSA) is 99.1 Å². The number of benzene rings is 1. The fourth-order valence-electron chi connectivity index (χ4n) is 4.03. The van der Waals surface area contributed by atoms with Gasteiger partial charge in [-0.15, -0.1) is 11.6 Å². The first-order valence-corrected chi connectivity index (χ1v) is 9.68. The molecule has 9 heteroatoms. The zero-order chi connectivity index (χ0) is 20.1. The zero-order valence-corrected chi connectivity index (χ0v) is 16.3. The van der Waals surface area contributed by atoms with E-state index in [2.05, 4.69) is 10.3 Å². The molecule has 0 aromatic heterocycles. The molecule has 1 fully saturated rings. The lowest BCUT2D eigenvalue weighted by atomic mass is 9.73. The van der Waals surface area contributed by atoms with Crippen molar-refractivity contribution in [2.24, 2.45) is 4.99 Å². The largest absolute Gasteiger partial charge is 0.478 e. The maximum atomic E-state index is 12.8.